The lowest BCUT2D eigenvalue weighted by Gasteiger charge is -1.98. The lowest BCUT2D eigenvalue weighted by atomic mass is 10.4. The van der Waals surface area contributed by atoms with Crippen LogP contribution < -0.4 is 5.69 Å². The zero-order chi connectivity index (χ0) is 11.0. The van der Waals surface area contributed by atoms with Gasteiger partial charge in [-0.3, -0.25) is 0 Å². The molecule has 78 valence electrons. The minimum atomic E-state index is -0.584. The van der Waals surface area contributed by atoms with Crippen molar-refractivity contribution in [1.82, 2.24) is 30.2 Å². The van der Waals surface area contributed by atoms with Gasteiger partial charge in [0.15, 0.2) is 0 Å². The van der Waals surface area contributed by atoms with Gasteiger partial charge in [0.25, 0.3) is 5.95 Å². The number of H-pyrrole nitrogens is 1. The summed E-state index contributed by atoms with van der Waals surface area (Å²) in [6, 6.07) is 0. The normalized spacial score (nSPS) is 10.6. The Hall–Kier alpha value is -1.57. The molecule has 0 spiro atoms. The molecule has 2 aromatic heterocycles. The molecule has 2 heterocycles. The average Bonchev–Trinajstić information content (AvgIpc) is 2.47. The molecular formula is C7H7BrN6O. The molecule has 0 aromatic carbocycles. The molecule has 8 heteroatoms. The maximum atomic E-state index is 10.7. The summed E-state index contributed by atoms with van der Waals surface area (Å²) in [5, 5.41) is 17.1. The minimum absolute atomic E-state index is 0.237. The summed E-state index contributed by atoms with van der Waals surface area (Å²) in [6.45, 7) is 3.71. The van der Waals surface area contributed by atoms with E-state index in [1.54, 1.807) is 0 Å². The molecule has 0 saturated heterocycles. The predicted molar refractivity (Wildman–Crippen MR) is 54.7 cm³/mol. The lowest BCUT2D eigenvalue weighted by molar-refractivity contribution is 0.692. The fourth-order valence-corrected chi connectivity index (χ4v) is 1.39. The molecule has 15 heavy (non-hydrogen) atoms. The van der Waals surface area contributed by atoms with Gasteiger partial charge in [0.1, 0.15) is 0 Å². The van der Waals surface area contributed by atoms with E-state index in [1.165, 1.54) is 4.68 Å². The number of halogens is 1. The largest absolute Gasteiger partial charge is 0.380 e. The Labute approximate surface area is 92.7 Å². The highest BCUT2D eigenvalue weighted by molar-refractivity contribution is 9.10. The van der Waals surface area contributed by atoms with E-state index in [2.05, 4.69) is 41.4 Å². The van der Waals surface area contributed by atoms with Crippen molar-refractivity contribution in [2.75, 3.05) is 0 Å². The number of hydrogen-bond acceptors (Lipinski definition) is 5. The third-order valence-corrected chi connectivity index (χ3v) is 3.02. The van der Waals surface area contributed by atoms with E-state index in [-0.39, 0.29) is 5.95 Å². The Bertz CT molecular complexity index is 539. The quantitative estimate of drug-likeness (QED) is 0.796. The molecule has 0 unspecified atom stereocenters. The standard InChI is InChI=1S/C7H7BrN6O/c1-3-5(8)4(2)14(13-3)6-9-11-7(15)12-10-6/h1-2H3,(H,11,12,15). The van der Waals surface area contributed by atoms with Gasteiger partial charge < -0.3 is 0 Å². The highest BCUT2D eigenvalue weighted by atomic mass is 79.9. The Balaban J connectivity index is 2.59. The third kappa shape index (κ3) is 1.67. The zero-order valence-electron chi connectivity index (χ0n) is 8.02. The summed E-state index contributed by atoms with van der Waals surface area (Å²) >= 11 is 3.38. The summed E-state index contributed by atoms with van der Waals surface area (Å²) in [5.74, 6) is 0.237. The summed E-state index contributed by atoms with van der Waals surface area (Å²) in [5.41, 5.74) is 1.09. The summed E-state index contributed by atoms with van der Waals surface area (Å²) in [4.78, 5) is 10.7. The molecule has 1 N–H and O–H groups in total. The van der Waals surface area contributed by atoms with E-state index in [4.69, 9.17) is 0 Å². The van der Waals surface area contributed by atoms with Crippen LogP contribution in [0.2, 0.25) is 0 Å². The van der Waals surface area contributed by atoms with Crippen molar-refractivity contribution in [3.63, 3.8) is 0 Å². The minimum Gasteiger partial charge on any atom is -0.243 e. The summed E-state index contributed by atoms with van der Waals surface area (Å²) in [7, 11) is 0. The van der Waals surface area contributed by atoms with Gasteiger partial charge in [-0.1, -0.05) is 5.10 Å². The molecule has 0 amide bonds. The van der Waals surface area contributed by atoms with Crippen molar-refractivity contribution >= 4 is 15.9 Å². The Morgan fingerprint density at radius 2 is 2.07 bits per heavy atom. The molecule has 0 radical (unpaired) electrons. The van der Waals surface area contributed by atoms with Gasteiger partial charge in [0.05, 0.1) is 15.9 Å². The second kappa shape index (κ2) is 3.54. The van der Waals surface area contributed by atoms with E-state index >= 15 is 0 Å². The van der Waals surface area contributed by atoms with Crippen LogP contribution >= 0.6 is 15.9 Å². The van der Waals surface area contributed by atoms with Crippen LogP contribution in [0.3, 0.4) is 0 Å². The van der Waals surface area contributed by atoms with E-state index in [1.807, 2.05) is 13.8 Å². The second-order valence-electron chi connectivity index (χ2n) is 2.93. The average molecular weight is 271 g/mol. The van der Waals surface area contributed by atoms with Gasteiger partial charge in [-0.2, -0.15) is 9.78 Å². The molecule has 2 rings (SSSR count). The van der Waals surface area contributed by atoms with Crippen molar-refractivity contribution in [1.29, 1.82) is 0 Å². The first kappa shape index (κ1) is 9.97. The van der Waals surface area contributed by atoms with Crippen LogP contribution in [0.5, 0.6) is 0 Å². The molecule has 0 aliphatic heterocycles. The first-order valence-electron chi connectivity index (χ1n) is 4.11. The molecule has 0 aliphatic carbocycles. The van der Waals surface area contributed by atoms with Gasteiger partial charge in [-0.25, -0.2) is 9.89 Å². The number of nitrogens with zero attached hydrogens (tertiary/aromatic N) is 5. The topological polar surface area (TPSA) is 89.4 Å². The Morgan fingerprint density at radius 3 is 2.53 bits per heavy atom. The molecule has 0 atom stereocenters. The van der Waals surface area contributed by atoms with Crippen LogP contribution in [0, 0.1) is 13.8 Å². The number of hydrogen-bond donors (Lipinski definition) is 1. The van der Waals surface area contributed by atoms with Crippen LogP contribution in [0.4, 0.5) is 0 Å². The fraction of sp³-hybridized carbons (Fsp3) is 0.286. The molecule has 0 bridgehead atoms. The fourth-order valence-electron chi connectivity index (χ4n) is 1.14. The Morgan fingerprint density at radius 1 is 1.33 bits per heavy atom. The van der Waals surface area contributed by atoms with Gasteiger partial charge in [0.2, 0.25) is 0 Å². The van der Waals surface area contributed by atoms with Gasteiger partial charge >= 0.3 is 5.69 Å². The predicted octanol–water partition coefficient (Wildman–Crippen LogP) is 0.125. The van der Waals surface area contributed by atoms with Crippen LogP contribution in [0.1, 0.15) is 11.4 Å². The highest BCUT2D eigenvalue weighted by Crippen LogP contribution is 2.20. The zero-order valence-corrected chi connectivity index (χ0v) is 9.61. The molecule has 2 aromatic rings. The monoisotopic (exact) mass is 270 g/mol. The van der Waals surface area contributed by atoms with E-state index in [0.717, 1.165) is 15.9 Å². The van der Waals surface area contributed by atoms with Gasteiger partial charge in [0, 0.05) is 0 Å². The summed E-state index contributed by atoms with van der Waals surface area (Å²) in [6.07, 6.45) is 0. The van der Waals surface area contributed by atoms with Gasteiger partial charge in [-0.05, 0) is 29.8 Å². The SMILES string of the molecule is Cc1nn(-c2nnc(=O)[nH]n2)c(C)c1Br. The van der Waals surface area contributed by atoms with Crippen molar-refractivity contribution in [3.05, 3.63) is 26.3 Å². The highest BCUT2D eigenvalue weighted by Gasteiger charge is 2.12. The molecular weight excluding hydrogens is 264 g/mol. The second-order valence-corrected chi connectivity index (χ2v) is 3.72. The van der Waals surface area contributed by atoms with Crippen LogP contribution in [0.15, 0.2) is 9.27 Å². The smallest absolute Gasteiger partial charge is 0.243 e. The van der Waals surface area contributed by atoms with Crippen molar-refractivity contribution in [2.24, 2.45) is 0 Å². The summed E-state index contributed by atoms with van der Waals surface area (Å²) < 4.78 is 2.39. The third-order valence-electron chi connectivity index (χ3n) is 1.87. The number of rotatable bonds is 1. The molecule has 0 aliphatic rings. The number of aromatic nitrogens is 6. The molecule has 0 fully saturated rings. The van der Waals surface area contributed by atoms with Crippen molar-refractivity contribution in [3.8, 4) is 5.95 Å². The maximum Gasteiger partial charge on any atom is 0.380 e. The Kier molecular flexibility index (Phi) is 2.35. The van der Waals surface area contributed by atoms with Crippen molar-refractivity contribution < 1.29 is 0 Å². The van der Waals surface area contributed by atoms with Crippen LogP contribution in [0.25, 0.3) is 5.95 Å². The lowest BCUT2D eigenvalue weighted by Crippen LogP contribution is -2.18. The number of nitrogens with one attached hydrogen (secondary N) is 1. The van der Waals surface area contributed by atoms with E-state index in [0.29, 0.717) is 0 Å². The molecule has 0 saturated carbocycles. The van der Waals surface area contributed by atoms with Crippen LogP contribution in [-0.4, -0.2) is 30.2 Å². The van der Waals surface area contributed by atoms with Crippen molar-refractivity contribution in [2.45, 2.75) is 13.8 Å². The van der Waals surface area contributed by atoms with Gasteiger partial charge in [-0.15, -0.1) is 10.2 Å². The first-order valence-corrected chi connectivity index (χ1v) is 4.90. The first-order chi connectivity index (χ1) is 7.09. The number of aromatic amines is 1. The van der Waals surface area contributed by atoms with E-state index < -0.39 is 5.69 Å². The van der Waals surface area contributed by atoms with E-state index in [9.17, 15) is 4.79 Å². The number of aryl methyl sites for hydroxylation is 1. The maximum absolute atomic E-state index is 10.7. The molecule has 7 nitrogen and oxygen atoms in total. The van der Waals surface area contributed by atoms with Crippen LogP contribution in [-0.2, 0) is 0 Å².